The number of aromatic nitrogens is 2. The first-order valence-electron chi connectivity index (χ1n) is 8.24. The molecule has 0 aliphatic carbocycles. The van der Waals surface area contributed by atoms with Crippen molar-refractivity contribution in [2.75, 3.05) is 10.7 Å². The van der Waals surface area contributed by atoms with Crippen molar-refractivity contribution in [2.45, 2.75) is 62.5 Å². The van der Waals surface area contributed by atoms with Crippen LogP contribution in [0.5, 0.6) is 0 Å². The molecule has 3 aliphatic rings. The molecule has 5 N–H and O–H groups in total. The highest BCUT2D eigenvalue weighted by Crippen LogP contribution is 2.50. The second-order valence-corrected chi connectivity index (χ2v) is 8.56. The second-order valence-electron chi connectivity index (χ2n) is 7.21. The van der Waals surface area contributed by atoms with Crippen LogP contribution in [0, 0.1) is 0 Å². The number of ether oxygens (including phenoxy) is 1. The molecule has 0 bridgehead atoms. The first-order valence-corrected chi connectivity index (χ1v) is 9.29. The fourth-order valence-corrected chi connectivity index (χ4v) is 4.30. The van der Waals surface area contributed by atoms with Crippen LogP contribution >= 0.6 is 11.8 Å². The van der Waals surface area contributed by atoms with E-state index in [0.717, 1.165) is 5.82 Å². The van der Waals surface area contributed by atoms with Crippen LogP contribution in [-0.4, -0.2) is 71.9 Å². The lowest BCUT2D eigenvalue weighted by molar-refractivity contribution is -0.0302. The minimum absolute atomic E-state index is 0.0551. The largest absolute Gasteiger partial charge is 0.387 e. The molecule has 9 nitrogen and oxygen atoms in total. The number of fused-ring (bicyclic) bond motifs is 3. The van der Waals surface area contributed by atoms with Crippen molar-refractivity contribution < 1.29 is 20.1 Å². The Balaban J connectivity index is 1.63. The van der Waals surface area contributed by atoms with E-state index in [9.17, 15) is 15.3 Å². The predicted molar refractivity (Wildman–Crippen MR) is 93.4 cm³/mol. The average molecular weight is 369 g/mol. The third-order valence-corrected chi connectivity index (χ3v) is 6.05. The summed E-state index contributed by atoms with van der Waals surface area (Å²) in [4.78, 5) is 10.9. The van der Waals surface area contributed by atoms with Gasteiger partial charge in [0.05, 0.1) is 23.4 Å². The number of hydrogen-bond acceptors (Lipinski definition) is 9. The van der Waals surface area contributed by atoms with Gasteiger partial charge in [0, 0.05) is 5.75 Å². The van der Waals surface area contributed by atoms with Gasteiger partial charge in [0.2, 0.25) is 0 Å². The number of imidazole rings is 1. The Bertz CT molecular complexity index is 721. The van der Waals surface area contributed by atoms with Gasteiger partial charge >= 0.3 is 0 Å². The first-order chi connectivity index (χ1) is 11.7. The van der Waals surface area contributed by atoms with Crippen molar-refractivity contribution in [3.8, 4) is 0 Å². The molecule has 3 aliphatic heterocycles. The van der Waals surface area contributed by atoms with E-state index in [0.29, 0.717) is 17.3 Å². The number of aliphatic imine (C=N–C) groups is 1. The number of amidine groups is 1. The highest BCUT2D eigenvalue weighted by molar-refractivity contribution is 7.99. The van der Waals surface area contributed by atoms with Crippen molar-refractivity contribution in [3.63, 3.8) is 0 Å². The lowest BCUT2D eigenvalue weighted by Crippen LogP contribution is -2.33. The van der Waals surface area contributed by atoms with E-state index >= 15 is 0 Å². The normalized spacial score (nSPS) is 36.6. The van der Waals surface area contributed by atoms with Gasteiger partial charge < -0.3 is 30.7 Å². The lowest BCUT2D eigenvalue weighted by atomic mass is 10.1. The van der Waals surface area contributed by atoms with Crippen molar-refractivity contribution in [3.05, 3.63) is 12.0 Å². The van der Waals surface area contributed by atoms with Crippen molar-refractivity contribution >= 4 is 23.4 Å². The topological polar surface area (TPSA) is 129 Å². The minimum Gasteiger partial charge on any atom is -0.387 e. The van der Waals surface area contributed by atoms with E-state index < -0.39 is 30.0 Å². The number of nitrogens with two attached hydrogens (primary N) is 1. The second kappa shape index (κ2) is 5.58. The number of anilines is 1. The average Bonchev–Trinajstić information content (AvgIpc) is 2.88. The Morgan fingerprint density at radius 1 is 1.40 bits per heavy atom. The molecular weight excluding hydrogens is 346 g/mol. The van der Waals surface area contributed by atoms with Gasteiger partial charge in [-0.25, -0.2) is 9.98 Å². The van der Waals surface area contributed by atoms with Crippen LogP contribution in [0.3, 0.4) is 0 Å². The number of hydrogen-bond donors (Lipinski definition) is 4. The number of nitrogens with zero attached hydrogens (tertiary/aromatic N) is 4. The molecule has 0 amide bonds. The molecule has 2 unspecified atom stereocenters. The minimum atomic E-state index is -1.10. The van der Waals surface area contributed by atoms with Crippen LogP contribution < -0.4 is 10.6 Å². The summed E-state index contributed by atoms with van der Waals surface area (Å²) in [6, 6.07) is 0. The Morgan fingerprint density at radius 3 is 2.80 bits per heavy atom. The van der Waals surface area contributed by atoms with Crippen LogP contribution in [0.2, 0.25) is 0 Å². The molecule has 10 heteroatoms. The number of aliphatic hydroxyl groups excluding tert-OH is 3. The summed E-state index contributed by atoms with van der Waals surface area (Å²) in [5, 5.41) is 30.2. The van der Waals surface area contributed by atoms with Crippen molar-refractivity contribution in [2.24, 2.45) is 10.7 Å². The van der Waals surface area contributed by atoms with E-state index in [1.54, 1.807) is 17.8 Å². The number of thioether (sulfide) groups is 1. The van der Waals surface area contributed by atoms with E-state index in [2.05, 4.69) is 28.7 Å². The van der Waals surface area contributed by atoms with Gasteiger partial charge in [0.15, 0.2) is 12.1 Å². The monoisotopic (exact) mass is 369 g/mol. The number of rotatable bonds is 4. The molecule has 25 heavy (non-hydrogen) atoms. The summed E-state index contributed by atoms with van der Waals surface area (Å²) < 4.78 is 7.62. The maximum absolute atomic E-state index is 10.5. The molecule has 1 aromatic heterocycles. The molecule has 4 heterocycles. The highest BCUT2D eigenvalue weighted by Gasteiger charge is 2.61. The van der Waals surface area contributed by atoms with Crippen LogP contribution in [0.25, 0.3) is 0 Å². The van der Waals surface area contributed by atoms with Crippen molar-refractivity contribution in [1.82, 2.24) is 9.55 Å². The molecule has 4 rings (SSSR count). The standard InChI is InChI=1S/C15H23N5O4S/c1-6(21)25-4-7-9(22)10(23)13(24-7)19-5-17-8-11(16)18-14-15(2,3)20(14)12(8)19/h5-7,9-10,13-14,21-23H,4H2,1-3H3,(H2,16,18)/t6?,7-,9-,10-,13-,14?,20?/m1/s1. The van der Waals surface area contributed by atoms with Gasteiger partial charge in [-0.15, -0.1) is 11.8 Å². The molecule has 0 saturated carbocycles. The summed E-state index contributed by atoms with van der Waals surface area (Å²) in [7, 11) is 0. The smallest absolute Gasteiger partial charge is 0.165 e. The van der Waals surface area contributed by atoms with Crippen LogP contribution in [0.4, 0.5) is 5.82 Å². The SMILES string of the molecule is CC(O)SC[C@H]1O[C@@H](n2cnc3c2N2C(N=C3N)C2(C)C)[C@H](O)[C@@H]1O. The fourth-order valence-electron chi connectivity index (χ4n) is 3.55. The van der Waals surface area contributed by atoms with Gasteiger partial charge in [-0.1, -0.05) is 0 Å². The van der Waals surface area contributed by atoms with Crippen LogP contribution in [-0.2, 0) is 4.74 Å². The zero-order valence-electron chi connectivity index (χ0n) is 14.3. The Kier molecular flexibility index (Phi) is 3.82. The molecule has 0 spiro atoms. The molecule has 138 valence electrons. The molecule has 2 fully saturated rings. The summed E-state index contributed by atoms with van der Waals surface area (Å²) in [5.74, 6) is 1.50. The third kappa shape index (κ3) is 2.47. The van der Waals surface area contributed by atoms with Gasteiger partial charge in [-0.05, 0) is 20.8 Å². The Hall–Kier alpha value is -1.33. The van der Waals surface area contributed by atoms with Gasteiger partial charge in [0.1, 0.15) is 29.9 Å². The van der Waals surface area contributed by atoms with E-state index in [-0.39, 0.29) is 11.7 Å². The van der Waals surface area contributed by atoms with E-state index in [4.69, 9.17) is 10.5 Å². The predicted octanol–water partition coefficient (Wildman–Crippen LogP) is -0.783. The van der Waals surface area contributed by atoms with Gasteiger partial charge in [-0.3, -0.25) is 4.57 Å². The molecule has 1 aromatic rings. The Labute approximate surface area is 149 Å². The zero-order chi connectivity index (χ0) is 18.1. The summed E-state index contributed by atoms with van der Waals surface area (Å²) in [5.41, 5.74) is 5.84. The molecule has 2 saturated heterocycles. The first kappa shape index (κ1) is 17.1. The fraction of sp³-hybridized carbons (Fsp3) is 0.733. The number of aliphatic hydroxyl groups is 3. The summed E-state index contributed by atoms with van der Waals surface area (Å²) in [6.07, 6.45) is -1.98. The third-order valence-electron chi connectivity index (χ3n) is 5.04. The van der Waals surface area contributed by atoms with Crippen molar-refractivity contribution in [1.29, 1.82) is 0 Å². The zero-order valence-corrected chi connectivity index (χ0v) is 15.1. The van der Waals surface area contributed by atoms with E-state index in [1.807, 2.05) is 0 Å². The van der Waals surface area contributed by atoms with Crippen LogP contribution in [0.15, 0.2) is 11.3 Å². The lowest BCUT2D eigenvalue weighted by Gasteiger charge is -2.22. The molecule has 0 radical (unpaired) electrons. The summed E-state index contributed by atoms with van der Waals surface area (Å²) >= 11 is 1.26. The van der Waals surface area contributed by atoms with Gasteiger partial charge in [0.25, 0.3) is 0 Å². The quantitative estimate of drug-likeness (QED) is 0.402. The molecule has 6 atom stereocenters. The maximum Gasteiger partial charge on any atom is 0.165 e. The van der Waals surface area contributed by atoms with E-state index in [1.165, 1.54) is 11.8 Å². The molecular formula is C15H23N5O4S. The maximum atomic E-state index is 10.5. The van der Waals surface area contributed by atoms with Crippen LogP contribution in [0.1, 0.15) is 32.7 Å². The Morgan fingerprint density at radius 2 is 2.12 bits per heavy atom. The molecule has 0 aromatic carbocycles. The van der Waals surface area contributed by atoms with Gasteiger partial charge in [-0.2, -0.15) is 0 Å². The highest BCUT2D eigenvalue weighted by atomic mass is 32.2. The summed E-state index contributed by atoms with van der Waals surface area (Å²) in [6.45, 7) is 5.77.